The Kier molecular flexibility index (Phi) is 4.90. The fourth-order valence-corrected chi connectivity index (χ4v) is 3.03. The fourth-order valence-electron chi connectivity index (χ4n) is 2.64. The standard InChI is InChI=1S/C9H13N5O5S.Na/c15-9-13-6-8(14(9)19-20(16,17)18)2-1-7(13)5-12-4-3-10-11-12;/h3-4,7-8H,1-2,5-6H2,(H,16,17,18);/q;+1/p-1/t7-,8+;/m0./s1. The van der Waals surface area contributed by atoms with Crippen molar-refractivity contribution in [2.24, 2.45) is 0 Å². The van der Waals surface area contributed by atoms with E-state index in [4.69, 9.17) is 0 Å². The van der Waals surface area contributed by atoms with Gasteiger partial charge in [0, 0.05) is 12.7 Å². The topological polar surface area (TPSA) is 121 Å². The van der Waals surface area contributed by atoms with Gasteiger partial charge in [-0.1, -0.05) is 5.21 Å². The first kappa shape index (κ1) is 16.6. The molecule has 2 amide bonds. The minimum Gasteiger partial charge on any atom is -0.724 e. The summed E-state index contributed by atoms with van der Waals surface area (Å²) in [4.78, 5) is 13.6. The van der Waals surface area contributed by atoms with Crippen LogP contribution in [0.15, 0.2) is 12.4 Å². The van der Waals surface area contributed by atoms with Crippen molar-refractivity contribution in [1.29, 1.82) is 0 Å². The molecule has 10 nitrogen and oxygen atoms in total. The third kappa shape index (κ3) is 3.55. The molecule has 0 unspecified atom stereocenters. The molecular formula is C9H12N5NaO5S. The van der Waals surface area contributed by atoms with E-state index in [1.165, 1.54) is 11.1 Å². The molecule has 0 spiro atoms. The molecule has 0 aliphatic carbocycles. The van der Waals surface area contributed by atoms with Crippen molar-refractivity contribution in [2.75, 3.05) is 6.54 Å². The normalized spacial score (nSPS) is 25.1. The summed E-state index contributed by atoms with van der Waals surface area (Å²) in [6.45, 7) is 0.810. The summed E-state index contributed by atoms with van der Waals surface area (Å²) in [5, 5.41) is 8.19. The van der Waals surface area contributed by atoms with Gasteiger partial charge in [0.25, 0.3) is 0 Å². The smallest absolute Gasteiger partial charge is 0.724 e. The zero-order chi connectivity index (χ0) is 14.3. The van der Waals surface area contributed by atoms with Gasteiger partial charge in [-0.3, -0.25) is 4.68 Å². The van der Waals surface area contributed by atoms with Crippen molar-refractivity contribution in [2.45, 2.75) is 31.5 Å². The van der Waals surface area contributed by atoms with Crippen molar-refractivity contribution in [3.05, 3.63) is 12.4 Å². The van der Waals surface area contributed by atoms with E-state index in [0.29, 0.717) is 31.0 Å². The van der Waals surface area contributed by atoms with Gasteiger partial charge in [0.2, 0.25) is 10.4 Å². The van der Waals surface area contributed by atoms with Crippen LogP contribution in [0.2, 0.25) is 0 Å². The summed E-state index contributed by atoms with van der Waals surface area (Å²) < 4.78 is 37.8. The first-order chi connectivity index (χ1) is 9.44. The second kappa shape index (κ2) is 6.18. The van der Waals surface area contributed by atoms with Gasteiger partial charge in [-0.25, -0.2) is 13.2 Å². The Morgan fingerprint density at radius 3 is 2.81 bits per heavy atom. The monoisotopic (exact) mass is 325 g/mol. The number of urea groups is 1. The van der Waals surface area contributed by atoms with Gasteiger partial charge in [0.15, 0.2) is 0 Å². The number of aromatic nitrogens is 3. The van der Waals surface area contributed by atoms with Gasteiger partial charge >= 0.3 is 35.6 Å². The van der Waals surface area contributed by atoms with Gasteiger partial charge in [0.05, 0.1) is 24.8 Å². The van der Waals surface area contributed by atoms with Crippen LogP contribution in [0.1, 0.15) is 12.8 Å². The molecule has 1 aromatic heterocycles. The van der Waals surface area contributed by atoms with Crippen molar-refractivity contribution in [3.63, 3.8) is 0 Å². The van der Waals surface area contributed by atoms with Crippen molar-refractivity contribution in [3.8, 4) is 0 Å². The quantitative estimate of drug-likeness (QED) is 0.314. The maximum Gasteiger partial charge on any atom is 1.00 e. The molecule has 21 heavy (non-hydrogen) atoms. The van der Waals surface area contributed by atoms with E-state index in [-0.39, 0.29) is 35.6 Å². The predicted octanol–water partition coefficient (Wildman–Crippen LogP) is -4.06. The van der Waals surface area contributed by atoms with E-state index >= 15 is 0 Å². The van der Waals surface area contributed by atoms with Crippen LogP contribution in [-0.2, 0) is 21.2 Å². The number of amides is 2. The number of hydroxylamine groups is 2. The van der Waals surface area contributed by atoms with E-state index in [1.807, 2.05) is 0 Å². The number of rotatable bonds is 4. The van der Waals surface area contributed by atoms with Gasteiger partial charge in [0.1, 0.15) is 0 Å². The van der Waals surface area contributed by atoms with Crippen LogP contribution in [0.25, 0.3) is 0 Å². The molecule has 2 fully saturated rings. The van der Waals surface area contributed by atoms with Crippen LogP contribution in [-0.4, -0.2) is 62.6 Å². The molecule has 12 heteroatoms. The van der Waals surface area contributed by atoms with Crippen LogP contribution in [0.4, 0.5) is 4.79 Å². The van der Waals surface area contributed by atoms with Crippen LogP contribution in [0.3, 0.4) is 0 Å². The second-order valence-corrected chi connectivity index (χ2v) is 5.72. The Morgan fingerprint density at radius 1 is 1.43 bits per heavy atom. The zero-order valence-corrected chi connectivity index (χ0v) is 14.1. The minimum atomic E-state index is -4.95. The summed E-state index contributed by atoms with van der Waals surface area (Å²) in [6.07, 6.45) is 4.46. The first-order valence-corrected chi connectivity index (χ1v) is 7.37. The zero-order valence-electron chi connectivity index (χ0n) is 11.3. The van der Waals surface area contributed by atoms with E-state index in [1.54, 1.807) is 10.9 Å². The molecule has 0 N–H and O–H groups in total. The van der Waals surface area contributed by atoms with E-state index in [0.717, 1.165) is 0 Å². The minimum absolute atomic E-state index is 0. The summed E-state index contributed by atoms with van der Waals surface area (Å²) in [5.74, 6) is 0. The maximum atomic E-state index is 12.1. The van der Waals surface area contributed by atoms with Crippen molar-refractivity contribution >= 4 is 16.4 Å². The van der Waals surface area contributed by atoms with Crippen LogP contribution in [0.5, 0.6) is 0 Å². The number of nitrogens with zero attached hydrogens (tertiary/aromatic N) is 5. The number of hydrogen-bond acceptors (Lipinski definition) is 7. The number of carbonyl (C=O) groups is 1. The van der Waals surface area contributed by atoms with E-state index in [2.05, 4.69) is 14.6 Å². The number of hydrogen-bond donors (Lipinski definition) is 0. The second-order valence-electron chi connectivity index (χ2n) is 4.75. The average molecular weight is 325 g/mol. The Morgan fingerprint density at radius 2 is 2.19 bits per heavy atom. The van der Waals surface area contributed by atoms with Gasteiger partial charge in [-0.2, -0.15) is 9.35 Å². The third-order valence-electron chi connectivity index (χ3n) is 3.49. The molecule has 1 aromatic rings. The molecule has 2 atom stereocenters. The van der Waals surface area contributed by atoms with Gasteiger partial charge in [-0.05, 0) is 12.8 Å². The van der Waals surface area contributed by atoms with Crippen LogP contribution in [0, 0.1) is 0 Å². The summed E-state index contributed by atoms with van der Waals surface area (Å²) in [6, 6.07) is -1.13. The predicted molar refractivity (Wildman–Crippen MR) is 61.6 cm³/mol. The van der Waals surface area contributed by atoms with Crippen LogP contribution < -0.4 is 29.6 Å². The summed E-state index contributed by atoms with van der Waals surface area (Å²) >= 11 is 0. The fraction of sp³-hybridized carbons (Fsp3) is 0.667. The van der Waals surface area contributed by atoms with Crippen molar-refractivity contribution < 1.29 is 51.6 Å². The summed E-state index contributed by atoms with van der Waals surface area (Å²) in [7, 11) is -4.95. The van der Waals surface area contributed by atoms with Crippen molar-refractivity contribution in [1.82, 2.24) is 25.0 Å². The molecule has 2 aliphatic heterocycles. The molecule has 0 aromatic carbocycles. The van der Waals surface area contributed by atoms with E-state index < -0.39 is 22.5 Å². The molecule has 2 saturated heterocycles. The molecule has 2 aliphatic rings. The van der Waals surface area contributed by atoms with E-state index in [9.17, 15) is 17.8 Å². The van der Waals surface area contributed by atoms with Crippen LogP contribution >= 0.6 is 0 Å². The largest absolute Gasteiger partial charge is 1.00 e. The molecule has 0 saturated carbocycles. The molecule has 3 heterocycles. The SMILES string of the molecule is O=C1N2C[C@@H](CC[C@H]2Cn2ccnn2)N1OS(=O)(=O)[O-].[Na+]. The number of fused-ring (bicyclic) bond motifs is 2. The van der Waals surface area contributed by atoms with Gasteiger partial charge in [-0.15, -0.1) is 5.10 Å². The molecule has 2 bridgehead atoms. The summed E-state index contributed by atoms with van der Waals surface area (Å²) in [5.41, 5.74) is 0. The Labute approximate surface area is 143 Å². The average Bonchev–Trinajstić information content (AvgIpc) is 2.94. The maximum absolute atomic E-state index is 12.1. The Hall–Kier alpha value is -0.720. The Bertz CT molecular complexity index is 608. The molecule has 110 valence electrons. The first-order valence-electron chi connectivity index (χ1n) is 6.03. The molecular weight excluding hydrogens is 313 g/mol. The number of piperidine rings is 1. The number of carbonyl (C=O) groups excluding carboxylic acids is 1. The Balaban J connectivity index is 0.00000161. The van der Waals surface area contributed by atoms with Gasteiger partial charge < -0.3 is 9.45 Å². The molecule has 0 radical (unpaired) electrons. The molecule has 3 rings (SSSR count). The third-order valence-corrected chi connectivity index (χ3v) is 3.83.